The molecule has 3 aromatic carbocycles. The van der Waals surface area contributed by atoms with E-state index in [0.29, 0.717) is 17.3 Å². The van der Waals surface area contributed by atoms with Gasteiger partial charge in [-0.15, -0.1) is 0 Å². The summed E-state index contributed by atoms with van der Waals surface area (Å²) in [6.07, 6.45) is 1.09. The molecule has 0 saturated carbocycles. The summed E-state index contributed by atoms with van der Waals surface area (Å²) < 4.78 is 5.66. The van der Waals surface area contributed by atoms with Gasteiger partial charge in [-0.25, -0.2) is 9.78 Å². The Morgan fingerprint density at radius 3 is 2.14 bits per heavy atom. The number of alkyl carbamates (subject to hydrolysis) is 1. The maximum absolute atomic E-state index is 13.1. The zero-order valence-corrected chi connectivity index (χ0v) is 20.1. The van der Waals surface area contributed by atoms with Crippen LogP contribution in [0.15, 0.2) is 97.2 Å². The molecule has 1 atom stereocenters. The average Bonchev–Trinajstić information content (AvgIpc) is 3.23. The summed E-state index contributed by atoms with van der Waals surface area (Å²) in [5, 5.41) is 5.94. The monoisotopic (exact) mass is 497 g/mol. The van der Waals surface area contributed by atoms with Crippen LogP contribution in [0.4, 0.5) is 10.6 Å². The number of hydrogen-bond donors (Lipinski definition) is 2. The van der Waals surface area contributed by atoms with E-state index < -0.39 is 18.0 Å². The van der Waals surface area contributed by atoms with Gasteiger partial charge in [-0.05, 0) is 39.9 Å². The summed E-state index contributed by atoms with van der Waals surface area (Å²) in [7, 11) is 0. The SMILES string of the molecule is O=C(N[C@@H](Cc1ccccc1)C(=O)Nc1ccc(Cl)cn1)OCC1c2ccccc2-c2ccccc21. The second-order valence-electron chi connectivity index (χ2n) is 8.56. The first-order valence-corrected chi connectivity index (χ1v) is 12.0. The van der Waals surface area contributed by atoms with Crippen molar-refractivity contribution in [2.75, 3.05) is 11.9 Å². The van der Waals surface area contributed by atoms with Crippen molar-refractivity contribution in [1.82, 2.24) is 10.3 Å². The van der Waals surface area contributed by atoms with Crippen LogP contribution in [0.1, 0.15) is 22.6 Å². The van der Waals surface area contributed by atoms with E-state index in [4.69, 9.17) is 16.3 Å². The molecule has 4 aromatic rings. The van der Waals surface area contributed by atoms with Gasteiger partial charge >= 0.3 is 6.09 Å². The number of nitrogens with one attached hydrogen (secondary N) is 2. The van der Waals surface area contributed by atoms with Crippen molar-refractivity contribution < 1.29 is 14.3 Å². The van der Waals surface area contributed by atoms with Gasteiger partial charge in [0.2, 0.25) is 5.91 Å². The molecule has 0 unspecified atom stereocenters. The number of hydrogen-bond acceptors (Lipinski definition) is 4. The number of carbonyl (C=O) groups is 2. The fourth-order valence-corrected chi connectivity index (χ4v) is 4.62. The van der Waals surface area contributed by atoms with E-state index in [1.54, 1.807) is 12.1 Å². The number of anilines is 1. The van der Waals surface area contributed by atoms with E-state index in [1.807, 2.05) is 54.6 Å². The van der Waals surface area contributed by atoms with Crippen LogP contribution < -0.4 is 10.6 Å². The molecule has 0 bridgehead atoms. The van der Waals surface area contributed by atoms with Gasteiger partial charge in [0, 0.05) is 18.5 Å². The molecule has 0 fully saturated rings. The molecule has 0 spiro atoms. The van der Waals surface area contributed by atoms with Gasteiger partial charge in [-0.1, -0.05) is 90.5 Å². The summed E-state index contributed by atoms with van der Waals surface area (Å²) in [6.45, 7) is 0.165. The number of ether oxygens (including phenoxy) is 1. The van der Waals surface area contributed by atoms with E-state index in [-0.39, 0.29) is 12.5 Å². The Morgan fingerprint density at radius 2 is 1.50 bits per heavy atom. The number of pyridine rings is 1. The van der Waals surface area contributed by atoms with E-state index in [0.717, 1.165) is 27.8 Å². The second kappa shape index (κ2) is 10.6. The van der Waals surface area contributed by atoms with Crippen molar-refractivity contribution in [3.05, 3.63) is 119 Å². The van der Waals surface area contributed by atoms with Crippen LogP contribution in [-0.2, 0) is 16.0 Å². The van der Waals surface area contributed by atoms with Crippen LogP contribution in [0.25, 0.3) is 11.1 Å². The highest BCUT2D eigenvalue weighted by molar-refractivity contribution is 6.30. The van der Waals surface area contributed by atoms with E-state index >= 15 is 0 Å². The van der Waals surface area contributed by atoms with Crippen LogP contribution in [0.5, 0.6) is 0 Å². The van der Waals surface area contributed by atoms with Crippen LogP contribution in [-0.4, -0.2) is 29.6 Å². The first-order chi connectivity index (χ1) is 17.6. The predicted octanol–water partition coefficient (Wildman–Crippen LogP) is 5.82. The molecular weight excluding hydrogens is 474 g/mol. The molecule has 36 heavy (non-hydrogen) atoms. The maximum Gasteiger partial charge on any atom is 0.407 e. The Kier molecular flexibility index (Phi) is 6.96. The molecule has 1 aromatic heterocycles. The molecule has 0 saturated heterocycles. The third-order valence-corrected chi connectivity index (χ3v) is 6.44. The van der Waals surface area contributed by atoms with E-state index in [2.05, 4.69) is 39.9 Å². The number of carbonyl (C=O) groups excluding carboxylic acids is 2. The third-order valence-electron chi connectivity index (χ3n) is 6.21. The predicted molar refractivity (Wildman–Crippen MR) is 140 cm³/mol. The Balaban J connectivity index is 1.29. The van der Waals surface area contributed by atoms with Gasteiger partial charge in [0.1, 0.15) is 18.5 Å². The molecule has 0 aliphatic heterocycles. The standard InChI is InChI=1S/C29H24ClN3O3/c30-20-14-15-27(31-17-20)33-28(34)26(16-19-8-2-1-3-9-19)32-29(35)36-18-25-23-12-6-4-10-21(23)22-11-5-7-13-24(22)25/h1-15,17,25-26H,16,18H2,(H,32,35)(H,31,33,34)/t26-/m0/s1. The van der Waals surface area contributed by atoms with Gasteiger partial charge in [0.05, 0.1) is 5.02 Å². The summed E-state index contributed by atoms with van der Waals surface area (Å²) in [5.74, 6) is -0.123. The molecule has 2 N–H and O–H groups in total. The summed E-state index contributed by atoms with van der Waals surface area (Å²) >= 11 is 5.89. The van der Waals surface area contributed by atoms with E-state index in [9.17, 15) is 9.59 Å². The topological polar surface area (TPSA) is 80.3 Å². The molecule has 2 amide bonds. The minimum absolute atomic E-state index is 0.0668. The molecule has 180 valence electrons. The van der Waals surface area contributed by atoms with Crippen LogP contribution >= 0.6 is 11.6 Å². The normalized spacial score (nSPS) is 12.8. The van der Waals surface area contributed by atoms with E-state index in [1.165, 1.54) is 6.20 Å². The van der Waals surface area contributed by atoms with Crippen molar-refractivity contribution in [1.29, 1.82) is 0 Å². The lowest BCUT2D eigenvalue weighted by Crippen LogP contribution is -2.45. The van der Waals surface area contributed by atoms with Crippen molar-refractivity contribution in [2.45, 2.75) is 18.4 Å². The lowest BCUT2D eigenvalue weighted by molar-refractivity contribution is -0.118. The first-order valence-electron chi connectivity index (χ1n) is 11.7. The number of rotatable bonds is 7. The number of nitrogens with zero attached hydrogens (tertiary/aromatic N) is 1. The average molecular weight is 498 g/mol. The van der Waals surface area contributed by atoms with Crippen LogP contribution in [0, 0.1) is 0 Å². The fourth-order valence-electron chi connectivity index (χ4n) is 4.50. The van der Waals surface area contributed by atoms with Gasteiger partial charge in [0.15, 0.2) is 0 Å². The third kappa shape index (κ3) is 5.24. The number of aromatic nitrogens is 1. The van der Waals surface area contributed by atoms with Crippen molar-refractivity contribution in [3.8, 4) is 11.1 Å². The second-order valence-corrected chi connectivity index (χ2v) is 9.00. The Morgan fingerprint density at radius 1 is 0.861 bits per heavy atom. The Labute approximate surface area is 214 Å². The Bertz CT molecular complexity index is 1330. The maximum atomic E-state index is 13.1. The van der Waals surface area contributed by atoms with Gasteiger partial charge in [-0.3, -0.25) is 4.79 Å². The highest BCUT2D eigenvalue weighted by atomic mass is 35.5. The number of amides is 2. The lowest BCUT2D eigenvalue weighted by atomic mass is 9.98. The molecule has 7 heteroatoms. The highest BCUT2D eigenvalue weighted by Crippen LogP contribution is 2.44. The minimum Gasteiger partial charge on any atom is -0.449 e. The summed E-state index contributed by atoms with van der Waals surface area (Å²) in [4.78, 5) is 30.1. The molecule has 1 heterocycles. The fraction of sp³-hybridized carbons (Fsp3) is 0.138. The van der Waals surface area contributed by atoms with Crippen LogP contribution in [0.2, 0.25) is 5.02 Å². The van der Waals surface area contributed by atoms with Crippen molar-refractivity contribution in [2.24, 2.45) is 0 Å². The quantitative estimate of drug-likeness (QED) is 0.337. The number of halogens is 1. The number of fused-ring (bicyclic) bond motifs is 3. The molecule has 1 aliphatic rings. The van der Waals surface area contributed by atoms with Gasteiger partial charge in [-0.2, -0.15) is 0 Å². The highest BCUT2D eigenvalue weighted by Gasteiger charge is 2.30. The van der Waals surface area contributed by atoms with Gasteiger partial charge < -0.3 is 15.4 Å². The molecule has 0 radical (unpaired) electrons. The molecule has 5 rings (SSSR count). The van der Waals surface area contributed by atoms with Crippen LogP contribution in [0.3, 0.4) is 0 Å². The zero-order chi connectivity index (χ0) is 24.9. The number of benzene rings is 3. The first kappa shape index (κ1) is 23.6. The molecular formula is C29H24ClN3O3. The molecule has 6 nitrogen and oxygen atoms in total. The Hall–Kier alpha value is -4.16. The minimum atomic E-state index is -0.861. The lowest BCUT2D eigenvalue weighted by Gasteiger charge is -2.20. The van der Waals surface area contributed by atoms with Crippen molar-refractivity contribution >= 4 is 29.4 Å². The summed E-state index contributed by atoms with van der Waals surface area (Å²) in [6, 6.07) is 28.1. The van der Waals surface area contributed by atoms with Gasteiger partial charge in [0.25, 0.3) is 0 Å². The summed E-state index contributed by atoms with van der Waals surface area (Å²) in [5.41, 5.74) is 5.45. The zero-order valence-electron chi connectivity index (χ0n) is 19.4. The molecule has 1 aliphatic carbocycles. The largest absolute Gasteiger partial charge is 0.449 e. The van der Waals surface area contributed by atoms with Crippen molar-refractivity contribution in [3.63, 3.8) is 0 Å². The smallest absolute Gasteiger partial charge is 0.407 e.